The van der Waals surface area contributed by atoms with Gasteiger partial charge in [0.1, 0.15) is 0 Å². The van der Waals surface area contributed by atoms with Gasteiger partial charge in [-0.1, -0.05) is 13.3 Å². The first-order valence-electron chi connectivity index (χ1n) is 3.35. The third kappa shape index (κ3) is 3.22. The monoisotopic (exact) mass is 142 g/mol. The maximum Gasteiger partial charge on any atom is 0.298 e. The van der Waals surface area contributed by atoms with Crippen molar-refractivity contribution in [1.82, 2.24) is 4.90 Å². The number of unbranched alkanes of at least 4 members (excludes halogenated alkanes) is 1. The highest BCUT2D eigenvalue weighted by molar-refractivity contribution is 6.23. The minimum atomic E-state index is -0.562. The van der Waals surface area contributed by atoms with E-state index in [0.717, 1.165) is 12.8 Å². The quantitative estimate of drug-likeness (QED) is 0.531. The molecule has 0 bridgehead atoms. The van der Waals surface area contributed by atoms with E-state index in [0.29, 0.717) is 6.54 Å². The van der Waals surface area contributed by atoms with E-state index in [1.807, 2.05) is 6.92 Å². The Morgan fingerprint density at radius 3 is 2.60 bits per heavy atom. The normalized spacial score (nSPS) is 9.00. The van der Waals surface area contributed by atoms with E-state index in [1.54, 1.807) is 7.05 Å². The zero-order chi connectivity index (χ0) is 7.98. The van der Waals surface area contributed by atoms with E-state index >= 15 is 0 Å². The smallest absolute Gasteiger partial charge is 0.298 e. The molecule has 0 heterocycles. The first-order chi connectivity index (χ1) is 4.72. The van der Waals surface area contributed by atoms with Gasteiger partial charge in [0.2, 0.25) is 0 Å². The molecular weight excluding hydrogens is 130 g/mol. The van der Waals surface area contributed by atoms with Crippen molar-refractivity contribution < 1.29 is 9.59 Å². The predicted molar refractivity (Wildman–Crippen MR) is 38.2 cm³/mol. The van der Waals surface area contributed by atoms with Crippen LogP contribution >= 0.6 is 0 Å². The zero-order valence-electron chi connectivity index (χ0n) is 6.39. The highest BCUT2D eigenvalue weighted by atomic mass is 16.2. The molecule has 0 aromatic rings. The second-order valence-corrected chi connectivity index (χ2v) is 2.18. The van der Waals surface area contributed by atoms with Crippen LogP contribution in [0.15, 0.2) is 0 Å². The van der Waals surface area contributed by atoms with Gasteiger partial charge >= 0.3 is 0 Å². The summed E-state index contributed by atoms with van der Waals surface area (Å²) in [6, 6.07) is 0. The van der Waals surface area contributed by atoms with Crippen LogP contribution in [0.4, 0.5) is 0 Å². The van der Waals surface area contributed by atoms with E-state index in [1.165, 1.54) is 11.2 Å². The first-order valence-corrected chi connectivity index (χ1v) is 3.35. The first kappa shape index (κ1) is 9.14. The molecule has 0 unspecified atom stereocenters. The van der Waals surface area contributed by atoms with Crippen LogP contribution in [0.1, 0.15) is 19.8 Å². The van der Waals surface area contributed by atoms with Crippen molar-refractivity contribution >= 4 is 12.2 Å². The summed E-state index contributed by atoms with van der Waals surface area (Å²) in [4.78, 5) is 21.7. The minimum Gasteiger partial charge on any atom is -0.339 e. The molecule has 0 spiro atoms. The van der Waals surface area contributed by atoms with Gasteiger partial charge in [0.25, 0.3) is 12.2 Å². The number of hydrogen-bond donors (Lipinski definition) is 0. The van der Waals surface area contributed by atoms with Crippen LogP contribution in [0.3, 0.4) is 0 Å². The number of amides is 1. The Labute approximate surface area is 61.0 Å². The molecule has 1 amide bonds. The van der Waals surface area contributed by atoms with Gasteiger partial charge in [-0.3, -0.25) is 9.59 Å². The van der Waals surface area contributed by atoms with Crippen molar-refractivity contribution in [3.8, 4) is 0 Å². The van der Waals surface area contributed by atoms with Gasteiger partial charge in [0, 0.05) is 13.6 Å². The summed E-state index contributed by atoms with van der Waals surface area (Å²) in [5.74, 6) is -0.562. The van der Waals surface area contributed by atoms with E-state index in [-0.39, 0.29) is 0 Å². The van der Waals surface area contributed by atoms with Crippen LogP contribution in [0, 0.1) is 0 Å². The van der Waals surface area contributed by atoms with Crippen molar-refractivity contribution in [3.63, 3.8) is 0 Å². The molecule has 0 aliphatic carbocycles. The molecular formula is C7H12NO2. The molecule has 0 aliphatic rings. The van der Waals surface area contributed by atoms with E-state index in [2.05, 4.69) is 0 Å². The van der Waals surface area contributed by atoms with Crippen molar-refractivity contribution in [1.29, 1.82) is 0 Å². The summed E-state index contributed by atoms with van der Waals surface area (Å²) in [5, 5.41) is 0. The Morgan fingerprint density at radius 1 is 1.60 bits per heavy atom. The van der Waals surface area contributed by atoms with Crippen molar-refractivity contribution in [2.24, 2.45) is 0 Å². The molecule has 0 saturated carbocycles. The standard InChI is InChI=1S/C7H12NO2/c1-3-4-5-8(2)7(10)6-9/h3-5H2,1-2H3. The van der Waals surface area contributed by atoms with Gasteiger partial charge in [0.15, 0.2) is 0 Å². The zero-order valence-corrected chi connectivity index (χ0v) is 6.39. The Hall–Kier alpha value is -0.860. The number of nitrogens with zero attached hydrogens (tertiary/aromatic N) is 1. The van der Waals surface area contributed by atoms with Gasteiger partial charge < -0.3 is 4.90 Å². The lowest BCUT2D eigenvalue weighted by molar-refractivity contribution is -0.123. The third-order valence-corrected chi connectivity index (χ3v) is 1.28. The minimum absolute atomic E-state index is 0.562. The van der Waals surface area contributed by atoms with Crippen LogP contribution in [-0.2, 0) is 9.59 Å². The predicted octanol–water partition coefficient (Wildman–Crippen LogP) is 0.355. The van der Waals surface area contributed by atoms with Gasteiger partial charge in [-0.05, 0) is 6.42 Å². The van der Waals surface area contributed by atoms with Crippen LogP contribution in [0.25, 0.3) is 0 Å². The van der Waals surface area contributed by atoms with Crippen LogP contribution in [-0.4, -0.2) is 30.7 Å². The van der Waals surface area contributed by atoms with Crippen molar-refractivity contribution in [2.75, 3.05) is 13.6 Å². The molecule has 3 heteroatoms. The van der Waals surface area contributed by atoms with Gasteiger partial charge in [-0.25, -0.2) is 0 Å². The highest BCUT2D eigenvalue weighted by Gasteiger charge is 2.05. The lowest BCUT2D eigenvalue weighted by Gasteiger charge is -2.11. The number of carbonyl (C=O) groups excluding carboxylic acids is 2. The lowest BCUT2D eigenvalue weighted by Crippen LogP contribution is -2.28. The molecule has 10 heavy (non-hydrogen) atoms. The fourth-order valence-corrected chi connectivity index (χ4v) is 0.575. The highest BCUT2D eigenvalue weighted by Crippen LogP contribution is 1.90. The second kappa shape index (κ2) is 4.97. The average Bonchev–Trinajstić information content (AvgIpc) is 1.98. The van der Waals surface area contributed by atoms with Gasteiger partial charge in [0.05, 0.1) is 0 Å². The topological polar surface area (TPSA) is 37.4 Å². The summed E-state index contributed by atoms with van der Waals surface area (Å²) >= 11 is 0. The number of carbonyl (C=O) groups is 1. The van der Waals surface area contributed by atoms with Crippen molar-refractivity contribution in [2.45, 2.75) is 19.8 Å². The second-order valence-electron chi connectivity index (χ2n) is 2.18. The van der Waals surface area contributed by atoms with Crippen molar-refractivity contribution in [3.05, 3.63) is 0 Å². The van der Waals surface area contributed by atoms with E-state index < -0.39 is 5.91 Å². The number of rotatable bonds is 4. The molecule has 0 aromatic carbocycles. The molecule has 3 nitrogen and oxygen atoms in total. The van der Waals surface area contributed by atoms with Crippen LogP contribution in [0.5, 0.6) is 0 Å². The summed E-state index contributed by atoms with van der Waals surface area (Å²) in [7, 11) is 1.60. The molecule has 0 atom stereocenters. The molecule has 57 valence electrons. The summed E-state index contributed by atoms with van der Waals surface area (Å²) in [5.41, 5.74) is 0. The number of hydrogen-bond acceptors (Lipinski definition) is 2. The fraction of sp³-hybridized carbons (Fsp3) is 0.714. The van der Waals surface area contributed by atoms with Crippen LogP contribution < -0.4 is 0 Å². The Morgan fingerprint density at radius 2 is 2.20 bits per heavy atom. The lowest BCUT2D eigenvalue weighted by atomic mass is 10.3. The van der Waals surface area contributed by atoms with Crippen LogP contribution in [0.2, 0.25) is 0 Å². The molecule has 0 aliphatic heterocycles. The Balaban J connectivity index is 3.51. The largest absolute Gasteiger partial charge is 0.339 e. The molecule has 0 aromatic heterocycles. The Kier molecular flexibility index (Phi) is 4.54. The van der Waals surface area contributed by atoms with Gasteiger partial charge in [-0.2, -0.15) is 0 Å². The molecule has 1 radical (unpaired) electrons. The van der Waals surface area contributed by atoms with Gasteiger partial charge in [-0.15, -0.1) is 0 Å². The molecule has 0 saturated heterocycles. The molecule has 0 rings (SSSR count). The fourth-order valence-electron chi connectivity index (χ4n) is 0.575. The average molecular weight is 142 g/mol. The Bertz CT molecular complexity index is 123. The summed E-state index contributed by atoms with van der Waals surface area (Å²) < 4.78 is 0. The third-order valence-electron chi connectivity index (χ3n) is 1.28. The summed E-state index contributed by atoms with van der Waals surface area (Å²) in [6.07, 6.45) is 3.27. The number of likely N-dealkylation sites (N-methyl/N-ethyl adjacent to an activating group) is 1. The van der Waals surface area contributed by atoms with E-state index in [9.17, 15) is 9.59 Å². The molecule has 0 fully saturated rings. The SMILES string of the molecule is CCCCN(C)C(=O)[C]=O. The summed E-state index contributed by atoms with van der Waals surface area (Å²) in [6.45, 7) is 2.67. The maximum atomic E-state index is 10.5. The maximum absolute atomic E-state index is 10.5. The molecule has 0 N–H and O–H groups in total. The van der Waals surface area contributed by atoms with E-state index in [4.69, 9.17) is 0 Å².